The van der Waals surface area contributed by atoms with Crippen molar-refractivity contribution in [2.45, 2.75) is 32.3 Å². The average molecular weight is 263 g/mol. The van der Waals surface area contributed by atoms with E-state index in [-0.39, 0.29) is 0 Å². The molecule has 5 heteroatoms. The van der Waals surface area contributed by atoms with Gasteiger partial charge in [0.25, 0.3) is 5.91 Å². The molecule has 0 aliphatic heterocycles. The van der Waals surface area contributed by atoms with Crippen molar-refractivity contribution in [1.29, 1.82) is 0 Å². The number of carboxylic acid groups (broad SMARTS) is 1. The first kappa shape index (κ1) is 13.4. The molecule has 1 aliphatic rings. The number of amides is 1. The Morgan fingerprint density at radius 1 is 1.37 bits per heavy atom. The molecule has 2 rings (SSSR count). The average Bonchev–Trinajstić information content (AvgIpc) is 2.83. The monoisotopic (exact) mass is 263 g/mol. The van der Waals surface area contributed by atoms with Crippen LogP contribution < -0.4 is 10.1 Å². The molecule has 5 nitrogen and oxygen atoms in total. The lowest BCUT2D eigenvalue weighted by Gasteiger charge is -2.14. The first-order chi connectivity index (χ1) is 9.06. The van der Waals surface area contributed by atoms with E-state index in [4.69, 9.17) is 9.84 Å². The molecule has 0 bridgehead atoms. The standard InChI is InChI=1S/C14H17NO4/c1-9(14(18)15-8-13(16)17)19-12-6-5-10-3-2-4-11(10)7-12/h5-7,9H,2-4,8H2,1H3,(H,15,18)(H,16,17). The van der Waals surface area contributed by atoms with E-state index < -0.39 is 24.5 Å². The van der Waals surface area contributed by atoms with Gasteiger partial charge in [0, 0.05) is 0 Å². The number of rotatable bonds is 5. The van der Waals surface area contributed by atoms with Crippen molar-refractivity contribution in [2.24, 2.45) is 0 Å². The van der Waals surface area contributed by atoms with Gasteiger partial charge in [0.15, 0.2) is 6.10 Å². The van der Waals surface area contributed by atoms with Crippen LogP contribution in [0.1, 0.15) is 24.5 Å². The molecule has 0 spiro atoms. The van der Waals surface area contributed by atoms with E-state index in [0.717, 1.165) is 19.3 Å². The summed E-state index contributed by atoms with van der Waals surface area (Å²) in [5.41, 5.74) is 2.62. The molecule has 1 atom stereocenters. The third-order valence-corrected chi connectivity index (χ3v) is 3.17. The maximum atomic E-state index is 11.6. The number of aryl methyl sites for hydroxylation is 2. The summed E-state index contributed by atoms with van der Waals surface area (Å²) >= 11 is 0. The molecule has 2 N–H and O–H groups in total. The van der Waals surface area contributed by atoms with Crippen LogP contribution in [0.5, 0.6) is 5.75 Å². The van der Waals surface area contributed by atoms with Crippen LogP contribution in [-0.4, -0.2) is 29.6 Å². The number of ether oxygens (including phenoxy) is 1. The van der Waals surface area contributed by atoms with Crippen LogP contribution in [-0.2, 0) is 22.4 Å². The molecule has 1 aromatic carbocycles. The molecule has 0 heterocycles. The third kappa shape index (κ3) is 3.47. The minimum Gasteiger partial charge on any atom is -0.481 e. The van der Waals surface area contributed by atoms with E-state index in [9.17, 15) is 9.59 Å². The molecule has 0 fully saturated rings. The SMILES string of the molecule is CC(Oc1ccc2c(c1)CCC2)C(=O)NCC(=O)O. The fraction of sp³-hybridized carbons (Fsp3) is 0.429. The summed E-state index contributed by atoms with van der Waals surface area (Å²) < 4.78 is 5.53. The van der Waals surface area contributed by atoms with Gasteiger partial charge in [-0.1, -0.05) is 6.07 Å². The number of carbonyl (C=O) groups excluding carboxylic acids is 1. The number of carbonyl (C=O) groups is 2. The lowest BCUT2D eigenvalue weighted by molar-refractivity contribution is -0.139. The second-order valence-corrected chi connectivity index (χ2v) is 4.66. The van der Waals surface area contributed by atoms with Crippen molar-refractivity contribution in [3.8, 4) is 5.75 Å². The van der Waals surface area contributed by atoms with Crippen molar-refractivity contribution >= 4 is 11.9 Å². The fourth-order valence-corrected chi connectivity index (χ4v) is 2.19. The van der Waals surface area contributed by atoms with Crippen LogP contribution in [0.15, 0.2) is 18.2 Å². The van der Waals surface area contributed by atoms with Crippen LogP contribution in [0.3, 0.4) is 0 Å². The minimum absolute atomic E-state index is 0.392. The highest BCUT2D eigenvalue weighted by molar-refractivity contribution is 5.84. The van der Waals surface area contributed by atoms with Crippen LogP contribution in [0, 0.1) is 0 Å². The highest BCUT2D eigenvalue weighted by Gasteiger charge is 2.17. The summed E-state index contributed by atoms with van der Waals surface area (Å²) in [5.74, 6) is -0.848. The van der Waals surface area contributed by atoms with Crippen LogP contribution in [0.4, 0.5) is 0 Å². The van der Waals surface area contributed by atoms with E-state index in [1.54, 1.807) is 6.92 Å². The molecule has 102 valence electrons. The van der Waals surface area contributed by atoms with Gasteiger partial charge in [-0.3, -0.25) is 9.59 Å². The minimum atomic E-state index is -1.07. The predicted molar refractivity (Wildman–Crippen MR) is 69.2 cm³/mol. The predicted octanol–water partition coefficient (Wildman–Crippen LogP) is 1.14. The molecule has 0 saturated heterocycles. The Balaban J connectivity index is 1.93. The lowest BCUT2D eigenvalue weighted by atomic mass is 10.1. The van der Waals surface area contributed by atoms with Gasteiger partial charge in [-0.05, 0) is 49.4 Å². The van der Waals surface area contributed by atoms with E-state index in [1.165, 1.54) is 11.1 Å². The zero-order valence-corrected chi connectivity index (χ0v) is 10.8. The van der Waals surface area contributed by atoms with Gasteiger partial charge in [0.05, 0.1) is 0 Å². The maximum Gasteiger partial charge on any atom is 0.322 e. The number of hydrogen-bond donors (Lipinski definition) is 2. The Labute approximate surface area is 111 Å². The highest BCUT2D eigenvalue weighted by Crippen LogP contribution is 2.26. The zero-order chi connectivity index (χ0) is 13.8. The van der Waals surface area contributed by atoms with Crippen LogP contribution in [0.25, 0.3) is 0 Å². The number of nitrogens with one attached hydrogen (secondary N) is 1. The fourth-order valence-electron chi connectivity index (χ4n) is 2.19. The number of aliphatic carboxylic acids is 1. The summed E-state index contributed by atoms with van der Waals surface area (Å²) in [7, 11) is 0. The zero-order valence-electron chi connectivity index (χ0n) is 10.8. The van der Waals surface area contributed by atoms with E-state index >= 15 is 0 Å². The maximum absolute atomic E-state index is 11.6. The molecule has 1 unspecified atom stereocenters. The molecule has 19 heavy (non-hydrogen) atoms. The van der Waals surface area contributed by atoms with Gasteiger partial charge in [-0.2, -0.15) is 0 Å². The molecule has 0 saturated carbocycles. The second kappa shape index (κ2) is 5.73. The first-order valence-electron chi connectivity index (χ1n) is 6.34. The summed E-state index contributed by atoms with van der Waals surface area (Å²) in [5, 5.41) is 10.8. The van der Waals surface area contributed by atoms with E-state index in [0.29, 0.717) is 5.75 Å². The Hall–Kier alpha value is -2.04. The number of hydrogen-bond acceptors (Lipinski definition) is 3. The molecule has 0 radical (unpaired) electrons. The van der Waals surface area contributed by atoms with Crippen molar-refractivity contribution in [3.05, 3.63) is 29.3 Å². The van der Waals surface area contributed by atoms with Gasteiger partial charge in [0.2, 0.25) is 0 Å². The largest absolute Gasteiger partial charge is 0.481 e. The van der Waals surface area contributed by atoms with Gasteiger partial charge < -0.3 is 15.2 Å². The summed E-state index contributed by atoms with van der Waals surface area (Å²) in [6.07, 6.45) is 2.60. The number of benzene rings is 1. The Morgan fingerprint density at radius 2 is 2.11 bits per heavy atom. The summed E-state index contributed by atoms with van der Waals surface area (Å²) in [6.45, 7) is 1.21. The van der Waals surface area contributed by atoms with Crippen molar-refractivity contribution in [2.75, 3.05) is 6.54 Å². The Kier molecular flexibility index (Phi) is 4.04. The topological polar surface area (TPSA) is 75.6 Å². The highest BCUT2D eigenvalue weighted by atomic mass is 16.5. The molecule has 0 aromatic heterocycles. The van der Waals surface area contributed by atoms with Gasteiger partial charge in [-0.15, -0.1) is 0 Å². The van der Waals surface area contributed by atoms with E-state index in [2.05, 4.69) is 5.32 Å². The van der Waals surface area contributed by atoms with Crippen molar-refractivity contribution in [3.63, 3.8) is 0 Å². The third-order valence-electron chi connectivity index (χ3n) is 3.17. The van der Waals surface area contributed by atoms with Gasteiger partial charge in [0.1, 0.15) is 12.3 Å². The molecule has 1 aliphatic carbocycles. The molecule has 1 amide bonds. The van der Waals surface area contributed by atoms with Crippen molar-refractivity contribution in [1.82, 2.24) is 5.32 Å². The van der Waals surface area contributed by atoms with Crippen LogP contribution in [0.2, 0.25) is 0 Å². The van der Waals surface area contributed by atoms with E-state index in [1.807, 2.05) is 18.2 Å². The normalized spacial score (nSPS) is 14.6. The number of fused-ring (bicyclic) bond motifs is 1. The van der Waals surface area contributed by atoms with Crippen molar-refractivity contribution < 1.29 is 19.4 Å². The Bertz CT molecular complexity index is 498. The van der Waals surface area contributed by atoms with Gasteiger partial charge in [-0.25, -0.2) is 0 Å². The van der Waals surface area contributed by atoms with Crippen LogP contribution >= 0.6 is 0 Å². The molecule has 1 aromatic rings. The van der Waals surface area contributed by atoms with Gasteiger partial charge >= 0.3 is 5.97 Å². The first-order valence-corrected chi connectivity index (χ1v) is 6.34. The summed E-state index contributed by atoms with van der Waals surface area (Å²) in [6, 6.07) is 5.84. The number of carboxylic acids is 1. The quantitative estimate of drug-likeness (QED) is 0.835. The lowest BCUT2D eigenvalue weighted by Crippen LogP contribution is -2.39. The molecular weight excluding hydrogens is 246 g/mol. The Morgan fingerprint density at radius 3 is 2.84 bits per heavy atom. The smallest absolute Gasteiger partial charge is 0.322 e. The second-order valence-electron chi connectivity index (χ2n) is 4.66. The molecular formula is C14H17NO4. The summed E-state index contributed by atoms with van der Waals surface area (Å²) in [4.78, 5) is 21.9.